The van der Waals surface area contributed by atoms with Gasteiger partial charge in [-0.05, 0) is 75.8 Å². The number of pyridine rings is 1. The van der Waals surface area contributed by atoms with Crippen molar-refractivity contribution in [2.45, 2.75) is 37.9 Å². The third-order valence-electron chi connectivity index (χ3n) is 8.10. The lowest BCUT2D eigenvalue weighted by Gasteiger charge is -2.34. The first kappa shape index (κ1) is 25.0. The first-order valence-electron chi connectivity index (χ1n) is 13.8. The number of nitrogens with zero attached hydrogens (tertiary/aromatic N) is 6. The fraction of sp³-hybridized carbons (Fsp3) is 0.433. The minimum absolute atomic E-state index is 0.367. The zero-order valence-corrected chi connectivity index (χ0v) is 22.5. The molecule has 5 heterocycles. The van der Waals surface area contributed by atoms with Crippen LogP contribution in [0.3, 0.4) is 0 Å². The van der Waals surface area contributed by atoms with Crippen molar-refractivity contribution >= 4 is 16.9 Å². The Kier molecular flexibility index (Phi) is 7.35. The van der Waals surface area contributed by atoms with Gasteiger partial charge in [0.25, 0.3) is 0 Å². The molecule has 38 heavy (non-hydrogen) atoms. The van der Waals surface area contributed by atoms with E-state index in [1.54, 1.807) is 0 Å². The van der Waals surface area contributed by atoms with Crippen LogP contribution in [0.25, 0.3) is 22.4 Å². The third-order valence-corrected chi connectivity index (χ3v) is 8.10. The Bertz CT molecular complexity index is 1370. The van der Waals surface area contributed by atoms with Crippen molar-refractivity contribution in [3.8, 4) is 11.4 Å². The maximum Gasteiger partial charge on any atom is 0.161 e. The molecule has 2 N–H and O–H groups in total. The number of hydrogen-bond donors (Lipinski definition) is 2. The van der Waals surface area contributed by atoms with Crippen LogP contribution in [0.15, 0.2) is 61.1 Å². The van der Waals surface area contributed by atoms with Crippen molar-refractivity contribution in [3.63, 3.8) is 0 Å². The summed E-state index contributed by atoms with van der Waals surface area (Å²) in [5, 5.41) is 8.14. The molecule has 1 aromatic carbocycles. The van der Waals surface area contributed by atoms with Crippen LogP contribution < -0.4 is 10.6 Å². The van der Waals surface area contributed by atoms with Crippen LogP contribution in [0.4, 0.5) is 5.82 Å². The van der Waals surface area contributed by atoms with Crippen LogP contribution in [-0.2, 0) is 13.0 Å². The van der Waals surface area contributed by atoms with Crippen LogP contribution in [0.5, 0.6) is 0 Å². The van der Waals surface area contributed by atoms with E-state index >= 15 is 0 Å². The number of nitrogens with one attached hydrogen (secondary N) is 2. The highest BCUT2D eigenvalue weighted by atomic mass is 15.2. The van der Waals surface area contributed by atoms with Crippen LogP contribution in [0.1, 0.15) is 30.0 Å². The molecular weight excluding hydrogens is 472 g/mol. The van der Waals surface area contributed by atoms with Crippen LogP contribution in [0, 0.1) is 0 Å². The van der Waals surface area contributed by atoms with Crippen molar-refractivity contribution in [2.75, 3.05) is 52.1 Å². The minimum atomic E-state index is 0.367. The third kappa shape index (κ3) is 5.43. The zero-order valence-electron chi connectivity index (χ0n) is 22.5. The molecule has 198 valence electrons. The lowest BCUT2D eigenvalue weighted by molar-refractivity contribution is 0.177. The van der Waals surface area contributed by atoms with Gasteiger partial charge in [-0.15, -0.1) is 0 Å². The van der Waals surface area contributed by atoms with Gasteiger partial charge in [0.1, 0.15) is 11.5 Å². The highest BCUT2D eigenvalue weighted by Gasteiger charge is 2.21. The normalized spacial score (nSPS) is 17.6. The largest absolute Gasteiger partial charge is 0.368 e. The summed E-state index contributed by atoms with van der Waals surface area (Å²) in [5.41, 5.74) is 4.95. The van der Waals surface area contributed by atoms with Gasteiger partial charge in [-0.2, -0.15) is 0 Å². The van der Waals surface area contributed by atoms with Gasteiger partial charge in [-0.3, -0.25) is 4.90 Å². The Labute approximate surface area is 225 Å². The van der Waals surface area contributed by atoms with Gasteiger partial charge in [-0.1, -0.05) is 24.3 Å². The van der Waals surface area contributed by atoms with E-state index in [9.17, 15) is 0 Å². The number of anilines is 1. The van der Waals surface area contributed by atoms with Crippen molar-refractivity contribution in [3.05, 3.63) is 72.2 Å². The second-order valence-electron chi connectivity index (χ2n) is 10.9. The molecule has 1 fully saturated rings. The molecule has 8 nitrogen and oxygen atoms in total. The molecule has 2 aliphatic heterocycles. The van der Waals surface area contributed by atoms with E-state index in [1.165, 1.54) is 11.1 Å². The average Bonchev–Trinajstić information content (AvgIpc) is 3.39. The van der Waals surface area contributed by atoms with E-state index in [1.807, 2.05) is 18.5 Å². The average molecular weight is 511 g/mol. The van der Waals surface area contributed by atoms with Crippen molar-refractivity contribution in [1.82, 2.24) is 34.6 Å². The summed E-state index contributed by atoms with van der Waals surface area (Å²) in [6.07, 6.45) is 9.34. The van der Waals surface area contributed by atoms with Gasteiger partial charge in [0.2, 0.25) is 0 Å². The van der Waals surface area contributed by atoms with E-state index < -0.39 is 0 Å². The molecule has 0 amide bonds. The minimum Gasteiger partial charge on any atom is -0.368 e. The summed E-state index contributed by atoms with van der Waals surface area (Å²) >= 11 is 0. The summed E-state index contributed by atoms with van der Waals surface area (Å²) in [4.78, 5) is 19.2. The number of rotatable bonds is 8. The lowest BCUT2D eigenvalue weighted by Crippen LogP contribution is -2.45. The quantitative estimate of drug-likeness (QED) is 0.373. The molecule has 0 saturated carbocycles. The molecule has 0 spiro atoms. The molecule has 2 aliphatic rings. The lowest BCUT2D eigenvalue weighted by atomic mass is 9.99. The number of hydrogen-bond acceptors (Lipinski definition) is 7. The molecule has 4 aromatic rings. The Balaban J connectivity index is 1.14. The zero-order chi connectivity index (χ0) is 25.9. The first-order valence-corrected chi connectivity index (χ1v) is 13.8. The molecule has 0 bridgehead atoms. The molecule has 0 aliphatic carbocycles. The molecule has 8 heteroatoms. The molecule has 6 rings (SSSR count). The van der Waals surface area contributed by atoms with Gasteiger partial charge in [0, 0.05) is 67.8 Å². The molecule has 3 aromatic heterocycles. The van der Waals surface area contributed by atoms with Crippen molar-refractivity contribution < 1.29 is 0 Å². The predicted octanol–water partition coefficient (Wildman–Crippen LogP) is 3.82. The van der Waals surface area contributed by atoms with E-state index in [4.69, 9.17) is 4.98 Å². The van der Waals surface area contributed by atoms with Crippen LogP contribution in [-0.4, -0.2) is 82.2 Å². The topological polar surface area (TPSA) is 74.1 Å². The molecular formula is C30H38N8. The second-order valence-corrected chi connectivity index (χ2v) is 10.9. The molecule has 1 atom stereocenters. The summed E-state index contributed by atoms with van der Waals surface area (Å²) in [7, 11) is 4.32. The molecule has 1 saturated heterocycles. The SMILES string of the molecule is CN(C)C(CNc1cc(-c2ncc3ccn(C4CCNCC4)c3n2)ccn1)CN1CCc2ccccc2C1. The van der Waals surface area contributed by atoms with Gasteiger partial charge in [0.15, 0.2) is 5.82 Å². The van der Waals surface area contributed by atoms with Gasteiger partial charge < -0.3 is 20.1 Å². The van der Waals surface area contributed by atoms with Gasteiger partial charge >= 0.3 is 0 Å². The first-order chi connectivity index (χ1) is 18.6. The monoisotopic (exact) mass is 510 g/mol. The summed E-state index contributed by atoms with van der Waals surface area (Å²) in [6, 6.07) is 15.9. The van der Waals surface area contributed by atoms with E-state index in [-0.39, 0.29) is 0 Å². The van der Waals surface area contributed by atoms with Crippen LogP contribution in [0.2, 0.25) is 0 Å². The van der Waals surface area contributed by atoms with Gasteiger partial charge in [-0.25, -0.2) is 15.0 Å². The van der Waals surface area contributed by atoms with Crippen molar-refractivity contribution in [1.29, 1.82) is 0 Å². The number of likely N-dealkylation sites (N-methyl/N-ethyl adjacent to an activating group) is 1. The van der Waals surface area contributed by atoms with Crippen molar-refractivity contribution in [2.24, 2.45) is 0 Å². The summed E-state index contributed by atoms with van der Waals surface area (Å²) in [5.74, 6) is 1.60. The maximum atomic E-state index is 5.00. The maximum absolute atomic E-state index is 5.00. The predicted molar refractivity (Wildman–Crippen MR) is 153 cm³/mol. The summed E-state index contributed by atoms with van der Waals surface area (Å²) in [6.45, 7) is 6.07. The fourth-order valence-corrected chi connectivity index (χ4v) is 5.76. The smallest absolute Gasteiger partial charge is 0.161 e. The Hall–Kier alpha value is -3.33. The number of benzene rings is 1. The molecule has 0 radical (unpaired) electrons. The van der Waals surface area contributed by atoms with E-state index in [0.717, 1.165) is 86.8 Å². The highest BCUT2D eigenvalue weighted by molar-refractivity contribution is 5.77. The summed E-state index contributed by atoms with van der Waals surface area (Å²) < 4.78 is 2.34. The second kappa shape index (κ2) is 11.2. The Morgan fingerprint density at radius 2 is 1.92 bits per heavy atom. The highest BCUT2D eigenvalue weighted by Crippen LogP contribution is 2.26. The number of piperidine rings is 1. The Morgan fingerprint density at radius 1 is 1.08 bits per heavy atom. The Morgan fingerprint density at radius 3 is 2.76 bits per heavy atom. The number of fused-ring (bicyclic) bond motifs is 2. The van der Waals surface area contributed by atoms with Crippen LogP contribution >= 0.6 is 0 Å². The number of aromatic nitrogens is 4. The van der Waals surface area contributed by atoms with E-state index in [2.05, 4.69) is 91.7 Å². The van der Waals surface area contributed by atoms with E-state index in [0.29, 0.717) is 12.1 Å². The fourth-order valence-electron chi connectivity index (χ4n) is 5.76. The van der Waals surface area contributed by atoms with Gasteiger partial charge in [0.05, 0.1) is 0 Å². The molecule has 1 unspecified atom stereocenters. The standard InChI is InChI=1S/C30H38N8/c1-36(2)27(21-37-15-10-22-5-3-4-6-25(22)20-37)19-33-28-17-23(7-14-32-28)29-34-18-24-11-16-38(30(24)35-29)26-8-12-31-13-9-26/h3-7,11,14,16-18,26-27,31H,8-10,12-13,15,19-21H2,1-2H3,(H,32,33).